The minimum atomic E-state index is -0.132. The second kappa shape index (κ2) is 7.96. The number of H-pyrrole nitrogens is 1. The van der Waals surface area contributed by atoms with Crippen LogP contribution in [0.25, 0.3) is 22.0 Å². The Hall–Kier alpha value is -3.79. The molecular weight excluding hydrogens is 422 g/mol. The Labute approximate surface area is 190 Å². The van der Waals surface area contributed by atoms with Crippen LogP contribution in [0.15, 0.2) is 27.7 Å². The number of hydrogen-bond donors (Lipinski definition) is 4. The van der Waals surface area contributed by atoms with Gasteiger partial charge in [-0.15, -0.1) is 0 Å². The van der Waals surface area contributed by atoms with Gasteiger partial charge >= 0.3 is 0 Å². The van der Waals surface area contributed by atoms with E-state index in [-0.39, 0.29) is 12.8 Å². The maximum absolute atomic E-state index is 9.41. The fourth-order valence-corrected chi connectivity index (χ4v) is 4.43. The van der Waals surface area contributed by atoms with Crippen LogP contribution in [0.2, 0.25) is 0 Å². The van der Waals surface area contributed by atoms with Gasteiger partial charge in [0.05, 0.1) is 42.8 Å². The Morgan fingerprint density at radius 1 is 1.21 bits per heavy atom. The first-order chi connectivity index (χ1) is 15.9. The first kappa shape index (κ1) is 21.1. The molecule has 0 aliphatic carbocycles. The van der Waals surface area contributed by atoms with E-state index in [4.69, 9.17) is 14.3 Å². The van der Waals surface area contributed by atoms with Crippen molar-refractivity contribution < 1.29 is 14.4 Å². The van der Waals surface area contributed by atoms with Gasteiger partial charge in [0, 0.05) is 22.5 Å². The summed E-state index contributed by atoms with van der Waals surface area (Å²) in [7, 11) is 1.66. The molecule has 0 spiro atoms. The van der Waals surface area contributed by atoms with E-state index < -0.39 is 0 Å². The standard InChI is InChI=1S/C23H27N7O3/c1-11-8-19(30(28-11)6-7-31)27-23-21-15-10-18(32-5)16(20-12(2)29-33-13(20)3)9-17(15)26-22(21)24-14(4)25-23/h8-10,14,24,26,31H,6-7H2,1-5H3,(H,25,27). The number of aryl methyl sites for hydroxylation is 3. The molecule has 0 saturated heterocycles. The van der Waals surface area contributed by atoms with Gasteiger partial charge in [0.15, 0.2) is 0 Å². The number of fused-ring (bicyclic) bond motifs is 3. The van der Waals surface area contributed by atoms with Gasteiger partial charge in [-0.2, -0.15) is 5.10 Å². The van der Waals surface area contributed by atoms with Crippen molar-refractivity contribution in [1.82, 2.24) is 19.9 Å². The van der Waals surface area contributed by atoms with Crippen LogP contribution in [0, 0.1) is 20.8 Å². The summed E-state index contributed by atoms with van der Waals surface area (Å²) in [6.45, 7) is 8.12. The number of nitrogens with zero attached hydrogens (tertiary/aromatic N) is 4. The summed E-state index contributed by atoms with van der Waals surface area (Å²) in [6, 6.07) is 6.01. The smallest absolute Gasteiger partial charge is 0.141 e. The minimum absolute atomic E-state index is 0.000246. The Bertz CT molecular complexity index is 1360. The minimum Gasteiger partial charge on any atom is -0.496 e. The first-order valence-corrected chi connectivity index (χ1v) is 10.8. The highest BCUT2D eigenvalue weighted by Gasteiger charge is 2.26. The molecule has 1 unspecified atom stereocenters. The number of aliphatic hydroxyl groups is 1. The quantitative estimate of drug-likeness (QED) is 0.367. The van der Waals surface area contributed by atoms with Gasteiger partial charge in [-0.25, -0.2) is 9.67 Å². The third-order valence-electron chi connectivity index (χ3n) is 5.79. The van der Waals surface area contributed by atoms with E-state index >= 15 is 0 Å². The average molecular weight is 450 g/mol. The van der Waals surface area contributed by atoms with Gasteiger partial charge in [-0.05, 0) is 39.8 Å². The molecule has 4 aromatic rings. The molecule has 10 nitrogen and oxygen atoms in total. The predicted molar refractivity (Wildman–Crippen MR) is 127 cm³/mol. The monoisotopic (exact) mass is 449 g/mol. The number of hydrogen-bond acceptors (Lipinski definition) is 8. The summed E-state index contributed by atoms with van der Waals surface area (Å²) >= 11 is 0. The SMILES string of the molecule is COc1cc2c3c([nH]c2cc1-c1c(C)noc1C)NC(C)N=C3Nc1cc(C)nn1CCO. The fourth-order valence-electron chi connectivity index (χ4n) is 4.43. The largest absolute Gasteiger partial charge is 0.496 e. The van der Waals surface area contributed by atoms with Gasteiger partial charge in [0.25, 0.3) is 0 Å². The van der Waals surface area contributed by atoms with Gasteiger partial charge in [-0.1, -0.05) is 5.16 Å². The Morgan fingerprint density at radius 2 is 2.03 bits per heavy atom. The van der Waals surface area contributed by atoms with Crippen molar-refractivity contribution in [2.75, 3.05) is 24.4 Å². The molecule has 1 atom stereocenters. The van der Waals surface area contributed by atoms with E-state index in [0.717, 1.165) is 62.1 Å². The second-order valence-electron chi connectivity index (χ2n) is 8.21. The van der Waals surface area contributed by atoms with Gasteiger partial charge < -0.3 is 30.0 Å². The fraction of sp³-hybridized carbons (Fsp3) is 0.348. The van der Waals surface area contributed by atoms with Crippen molar-refractivity contribution in [3.05, 3.63) is 40.9 Å². The molecule has 4 heterocycles. The van der Waals surface area contributed by atoms with Crippen LogP contribution in [0.3, 0.4) is 0 Å². The van der Waals surface area contributed by atoms with E-state index in [2.05, 4.69) is 31.9 Å². The van der Waals surface area contributed by atoms with E-state index in [1.54, 1.807) is 11.8 Å². The zero-order chi connectivity index (χ0) is 23.3. The van der Waals surface area contributed by atoms with Crippen molar-refractivity contribution in [3.63, 3.8) is 0 Å². The molecule has 0 fully saturated rings. The number of aromatic nitrogens is 4. The lowest BCUT2D eigenvalue weighted by Crippen LogP contribution is -2.28. The molecular formula is C23H27N7O3. The highest BCUT2D eigenvalue weighted by atomic mass is 16.5. The average Bonchev–Trinajstić information content (AvgIpc) is 3.41. The summed E-state index contributed by atoms with van der Waals surface area (Å²) in [4.78, 5) is 8.31. The lowest BCUT2D eigenvalue weighted by molar-refractivity contribution is 0.270. The molecule has 5 rings (SSSR count). The molecule has 4 N–H and O–H groups in total. The number of ether oxygens (including phenoxy) is 1. The Morgan fingerprint density at radius 3 is 2.73 bits per heavy atom. The second-order valence-corrected chi connectivity index (χ2v) is 8.21. The number of aliphatic imine (C=N–C) groups is 1. The molecule has 0 amide bonds. The number of amidine groups is 1. The molecule has 172 valence electrons. The summed E-state index contributed by atoms with van der Waals surface area (Å²) in [5, 5.41) is 25.8. The normalized spacial score (nSPS) is 15.3. The maximum atomic E-state index is 9.41. The van der Waals surface area contributed by atoms with Crippen LogP contribution in [-0.2, 0) is 6.54 Å². The molecule has 10 heteroatoms. The molecule has 33 heavy (non-hydrogen) atoms. The number of anilines is 2. The lowest BCUT2D eigenvalue weighted by Gasteiger charge is -2.21. The summed E-state index contributed by atoms with van der Waals surface area (Å²) in [6.07, 6.45) is -0.132. The van der Waals surface area contributed by atoms with Crippen molar-refractivity contribution >= 4 is 28.4 Å². The molecule has 0 radical (unpaired) electrons. The van der Waals surface area contributed by atoms with Crippen LogP contribution >= 0.6 is 0 Å². The summed E-state index contributed by atoms with van der Waals surface area (Å²) < 4.78 is 12.9. The van der Waals surface area contributed by atoms with Crippen LogP contribution < -0.4 is 15.4 Å². The van der Waals surface area contributed by atoms with Crippen molar-refractivity contribution in [2.24, 2.45) is 4.99 Å². The number of aromatic amines is 1. The Balaban J connectivity index is 1.65. The lowest BCUT2D eigenvalue weighted by atomic mass is 10.00. The molecule has 3 aromatic heterocycles. The van der Waals surface area contributed by atoms with Crippen molar-refractivity contribution in [2.45, 2.75) is 40.4 Å². The topological polar surface area (TPSA) is 126 Å². The maximum Gasteiger partial charge on any atom is 0.141 e. The number of nitrogens with one attached hydrogen (secondary N) is 3. The van der Waals surface area contributed by atoms with Gasteiger partial charge in [0.1, 0.15) is 35.1 Å². The number of methoxy groups -OCH3 is 1. The van der Waals surface area contributed by atoms with Crippen LogP contribution in [-0.4, -0.2) is 50.7 Å². The Kier molecular flexibility index (Phi) is 5.09. The highest BCUT2D eigenvalue weighted by Crippen LogP contribution is 2.41. The zero-order valence-electron chi connectivity index (χ0n) is 19.3. The predicted octanol–water partition coefficient (Wildman–Crippen LogP) is 3.58. The van der Waals surface area contributed by atoms with Crippen molar-refractivity contribution in [1.29, 1.82) is 0 Å². The first-order valence-electron chi connectivity index (χ1n) is 10.8. The number of rotatable bonds is 5. The van der Waals surface area contributed by atoms with Crippen LogP contribution in [0.5, 0.6) is 5.75 Å². The van der Waals surface area contributed by atoms with Crippen LogP contribution in [0.4, 0.5) is 11.6 Å². The zero-order valence-corrected chi connectivity index (χ0v) is 19.3. The summed E-state index contributed by atoms with van der Waals surface area (Å²) in [5.74, 6) is 3.82. The summed E-state index contributed by atoms with van der Waals surface area (Å²) in [5.41, 5.74) is 5.37. The highest BCUT2D eigenvalue weighted by molar-refractivity contribution is 6.20. The third-order valence-corrected chi connectivity index (χ3v) is 5.79. The van der Waals surface area contributed by atoms with Crippen LogP contribution in [0.1, 0.15) is 29.6 Å². The van der Waals surface area contributed by atoms with Gasteiger partial charge in [-0.3, -0.25) is 0 Å². The molecule has 0 bridgehead atoms. The van der Waals surface area contributed by atoms with E-state index in [1.165, 1.54) is 0 Å². The van der Waals surface area contributed by atoms with Gasteiger partial charge in [0.2, 0.25) is 0 Å². The van der Waals surface area contributed by atoms with E-state index in [9.17, 15) is 5.11 Å². The molecule has 1 aliphatic heterocycles. The third kappa shape index (κ3) is 3.52. The van der Waals surface area contributed by atoms with E-state index in [1.807, 2.05) is 39.8 Å². The molecule has 1 aliphatic rings. The molecule has 0 saturated carbocycles. The number of benzene rings is 1. The van der Waals surface area contributed by atoms with Crippen molar-refractivity contribution in [3.8, 4) is 16.9 Å². The number of aliphatic hydroxyl groups excluding tert-OH is 1. The van der Waals surface area contributed by atoms with E-state index in [0.29, 0.717) is 12.4 Å². The molecule has 1 aromatic carbocycles.